The molecule has 4 heteroatoms. The molecule has 0 saturated carbocycles. The molecule has 2 aromatic carbocycles. The van der Waals surface area contributed by atoms with Crippen LogP contribution >= 0.6 is 23.4 Å². The summed E-state index contributed by atoms with van der Waals surface area (Å²) in [5.74, 6) is 0.427. The zero-order valence-corrected chi connectivity index (χ0v) is 11.9. The number of hydrogen-bond donors (Lipinski definition) is 1. The van der Waals surface area contributed by atoms with Gasteiger partial charge < -0.3 is 5.73 Å². The van der Waals surface area contributed by atoms with Crippen LogP contribution in [0.1, 0.15) is 5.56 Å². The van der Waals surface area contributed by atoms with Gasteiger partial charge in [0.15, 0.2) is 0 Å². The van der Waals surface area contributed by atoms with Gasteiger partial charge in [-0.15, -0.1) is 11.8 Å². The molecule has 0 aliphatic rings. The van der Waals surface area contributed by atoms with E-state index < -0.39 is 5.82 Å². The van der Waals surface area contributed by atoms with Gasteiger partial charge in [0, 0.05) is 16.7 Å². The van der Waals surface area contributed by atoms with Crippen molar-refractivity contribution >= 4 is 23.4 Å². The molecule has 2 rings (SSSR count). The summed E-state index contributed by atoms with van der Waals surface area (Å²) in [6.07, 6.45) is 0.694. The Hall–Kier alpha value is -1.03. The quantitative estimate of drug-likeness (QED) is 0.839. The first-order chi connectivity index (χ1) is 9.15. The fraction of sp³-hybridized carbons (Fsp3) is 0.200. The second kappa shape index (κ2) is 6.94. The molecular formula is C15H15ClFNS. The summed E-state index contributed by atoms with van der Waals surface area (Å²) in [6, 6.07) is 14.9. The average molecular weight is 296 g/mol. The van der Waals surface area contributed by atoms with Crippen LogP contribution in [0.3, 0.4) is 0 Å². The Bertz CT molecular complexity index is 533. The van der Waals surface area contributed by atoms with Gasteiger partial charge in [0.2, 0.25) is 0 Å². The van der Waals surface area contributed by atoms with Gasteiger partial charge in [0.05, 0.1) is 5.02 Å². The maximum atomic E-state index is 13.0. The molecule has 2 N–H and O–H groups in total. The predicted octanol–water partition coefficient (Wildman–Crippen LogP) is 4.14. The molecule has 2 aromatic rings. The monoisotopic (exact) mass is 295 g/mol. The molecule has 1 unspecified atom stereocenters. The molecule has 0 heterocycles. The van der Waals surface area contributed by atoms with Gasteiger partial charge in [0.25, 0.3) is 0 Å². The summed E-state index contributed by atoms with van der Waals surface area (Å²) in [7, 11) is 0. The van der Waals surface area contributed by atoms with E-state index in [0.29, 0.717) is 6.42 Å². The highest BCUT2D eigenvalue weighted by atomic mass is 35.5. The lowest BCUT2D eigenvalue weighted by molar-refractivity contribution is 0.626. The highest BCUT2D eigenvalue weighted by Gasteiger charge is 2.07. The molecule has 19 heavy (non-hydrogen) atoms. The van der Waals surface area contributed by atoms with Crippen LogP contribution in [0, 0.1) is 5.82 Å². The van der Waals surface area contributed by atoms with E-state index in [1.165, 1.54) is 11.0 Å². The highest BCUT2D eigenvalue weighted by Crippen LogP contribution is 2.20. The third-order valence-corrected chi connectivity index (χ3v) is 4.18. The normalized spacial score (nSPS) is 12.4. The van der Waals surface area contributed by atoms with Crippen molar-refractivity contribution < 1.29 is 4.39 Å². The van der Waals surface area contributed by atoms with Crippen molar-refractivity contribution in [2.24, 2.45) is 5.73 Å². The lowest BCUT2D eigenvalue weighted by Gasteiger charge is -2.11. The zero-order valence-electron chi connectivity index (χ0n) is 10.4. The van der Waals surface area contributed by atoms with Crippen LogP contribution in [-0.4, -0.2) is 11.8 Å². The predicted molar refractivity (Wildman–Crippen MR) is 80.3 cm³/mol. The van der Waals surface area contributed by atoms with Crippen LogP contribution in [0.5, 0.6) is 0 Å². The van der Waals surface area contributed by atoms with Gasteiger partial charge >= 0.3 is 0 Å². The lowest BCUT2D eigenvalue weighted by atomic mass is 10.1. The number of thioether (sulfide) groups is 1. The second-order valence-corrected chi connectivity index (χ2v) is 5.84. The van der Waals surface area contributed by atoms with E-state index in [1.54, 1.807) is 23.9 Å². The molecule has 1 nitrogen and oxygen atoms in total. The number of halogens is 2. The number of rotatable bonds is 5. The highest BCUT2D eigenvalue weighted by molar-refractivity contribution is 7.99. The Morgan fingerprint density at radius 1 is 1.16 bits per heavy atom. The van der Waals surface area contributed by atoms with Crippen molar-refractivity contribution in [3.63, 3.8) is 0 Å². The third kappa shape index (κ3) is 4.53. The molecule has 0 aliphatic carbocycles. The Morgan fingerprint density at radius 2 is 1.89 bits per heavy atom. The third-order valence-electron chi connectivity index (χ3n) is 2.69. The van der Waals surface area contributed by atoms with Crippen molar-refractivity contribution in [3.8, 4) is 0 Å². The van der Waals surface area contributed by atoms with Crippen LogP contribution in [-0.2, 0) is 6.42 Å². The summed E-state index contributed by atoms with van der Waals surface area (Å²) in [5.41, 5.74) is 7.05. The number of nitrogens with two attached hydrogens (primary N) is 1. The van der Waals surface area contributed by atoms with E-state index in [9.17, 15) is 4.39 Å². The minimum atomic E-state index is -0.391. The van der Waals surface area contributed by atoms with Crippen LogP contribution in [0.15, 0.2) is 53.4 Å². The maximum Gasteiger partial charge on any atom is 0.141 e. The van der Waals surface area contributed by atoms with Gasteiger partial charge in [-0.2, -0.15) is 0 Å². The Kier molecular flexibility index (Phi) is 5.25. The van der Waals surface area contributed by atoms with Gasteiger partial charge in [-0.1, -0.05) is 35.9 Å². The van der Waals surface area contributed by atoms with Gasteiger partial charge in [-0.25, -0.2) is 4.39 Å². The topological polar surface area (TPSA) is 26.0 Å². The largest absolute Gasteiger partial charge is 0.327 e. The number of benzene rings is 2. The molecule has 0 radical (unpaired) electrons. The summed E-state index contributed by atoms with van der Waals surface area (Å²) in [5, 5.41) is 0.153. The molecular weight excluding hydrogens is 281 g/mol. The van der Waals surface area contributed by atoms with E-state index in [0.717, 1.165) is 11.3 Å². The van der Waals surface area contributed by atoms with E-state index in [1.807, 2.05) is 18.2 Å². The molecule has 0 aliphatic heterocycles. The maximum absolute atomic E-state index is 13.0. The lowest BCUT2D eigenvalue weighted by Crippen LogP contribution is -2.25. The molecule has 100 valence electrons. The molecule has 0 fully saturated rings. The molecule has 0 spiro atoms. The summed E-state index contributed by atoms with van der Waals surface area (Å²) >= 11 is 7.47. The minimum absolute atomic E-state index is 0.0201. The van der Waals surface area contributed by atoms with Crippen LogP contribution in [0.4, 0.5) is 4.39 Å². The summed E-state index contributed by atoms with van der Waals surface area (Å²) in [6.45, 7) is 0. The summed E-state index contributed by atoms with van der Waals surface area (Å²) < 4.78 is 13.0. The van der Waals surface area contributed by atoms with Crippen molar-refractivity contribution in [2.45, 2.75) is 17.4 Å². The van der Waals surface area contributed by atoms with Gasteiger partial charge in [0.1, 0.15) is 5.82 Å². The Balaban J connectivity index is 1.87. The summed E-state index contributed by atoms with van der Waals surface area (Å²) in [4.78, 5) is 1.20. The first kappa shape index (κ1) is 14.4. The first-order valence-corrected chi connectivity index (χ1v) is 7.39. The first-order valence-electron chi connectivity index (χ1n) is 6.02. The SMILES string of the molecule is NC(CSc1ccccc1)Cc1ccc(F)c(Cl)c1. The number of hydrogen-bond acceptors (Lipinski definition) is 2. The standard InChI is InChI=1S/C15H15ClFNS/c16-14-9-11(6-7-15(14)17)8-12(18)10-19-13-4-2-1-3-5-13/h1-7,9,12H,8,10,18H2. The second-order valence-electron chi connectivity index (χ2n) is 4.34. The molecule has 0 bridgehead atoms. The van der Waals surface area contributed by atoms with Crippen LogP contribution in [0.2, 0.25) is 5.02 Å². The molecule has 1 atom stereocenters. The zero-order chi connectivity index (χ0) is 13.7. The minimum Gasteiger partial charge on any atom is -0.327 e. The smallest absolute Gasteiger partial charge is 0.141 e. The Morgan fingerprint density at radius 3 is 2.58 bits per heavy atom. The van der Waals surface area contributed by atoms with Gasteiger partial charge in [-0.3, -0.25) is 0 Å². The van der Waals surface area contributed by atoms with E-state index in [2.05, 4.69) is 12.1 Å². The van der Waals surface area contributed by atoms with Crippen molar-refractivity contribution in [2.75, 3.05) is 5.75 Å². The molecule has 0 saturated heterocycles. The van der Waals surface area contributed by atoms with E-state index in [-0.39, 0.29) is 11.1 Å². The molecule has 0 amide bonds. The van der Waals surface area contributed by atoms with Crippen LogP contribution in [0.25, 0.3) is 0 Å². The van der Waals surface area contributed by atoms with Gasteiger partial charge in [-0.05, 0) is 36.2 Å². The van der Waals surface area contributed by atoms with Crippen molar-refractivity contribution in [1.82, 2.24) is 0 Å². The fourth-order valence-corrected chi connectivity index (χ4v) is 2.83. The van der Waals surface area contributed by atoms with Crippen LogP contribution < -0.4 is 5.73 Å². The Labute approximate surface area is 122 Å². The van der Waals surface area contributed by atoms with Crippen molar-refractivity contribution in [3.05, 3.63) is 64.9 Å². The molecule has 0 aromatic heterocycles. The van der Waals surface area contributed by atoms with Crippen molar-refractivity contribution in [1.29, 1.82) is 0 Å². The van der Waals surface area contributed by atoms with E-state index >= 15 is 0 Å². The average Bonchev–Trinajstić information content (AvgIpc) is 2.42. The van der Waals surface area contributed by atoms with E-state index in [4.69, 9.17) is 17.3 Å². The fourth-order valence-electron chi connectivity index (χ4n) is 1.75.